The number of hydrogen-bond donors (Lipinski definition) is 2. The van der Waals surface area contributed by atoms with E-state index in [0.29, 0.717) is 12.1 Å². The third-order valence-electron chi connectivity index (χ3n) is 5.42. The highest BCUT2D eigenvalue weighted by molar-refractivity contribution is 5.96. The largest absolute Gasteiger partial charge is 0.496 e. The minimum absolute atomic E-state index is 0.529. The van der Waals surface area contributed by atoms with Gasteiger partial charge in [-0.25, -0.2) is 4.98 Å². The van der Waals surface area contributed by atoms with E-state index in [9.17, 15) is 0 Å². The minimum Gasteiger partial charge on any atom is -0.496 e. The average Bonchev–Trinajstić information content (AvgIpc) is 3.24. The molecule has 2 aliphatic rings. The Hall–Kier alpha value is -2.59. The molecular weight excluding hydrogens is 310 g/mol. The standard InChI is InChI=1S/C21H21N3O/c1-25-20-5-3-2-4-17(20)16-8-9-22-21-18(16)12-19(24-21)13-10-14-6-7-15(11-13)23-14/h2-5,8-10,12,14-15,23H,6-7,11H2,1H3,(H,22,24). The zero-order chi connectivity index (χ0) is 16.8. The molecule has 2 aromatic heterocycles. The number of nitrogens with one attached hydrogen (secondary N) is 2. The summed E-state index contributed by atoms with van der Waals surface area (Å²) >= 11 is 0. The third-order valence-corrected chi connectivity index (χ3v) is 5.42. The monoisotopic (exact) mass is 331 g/mol. The van der Waals surface area contributed by atoms with Gasteiger partial charge in [-0.15, -0.1) is 0 Å². The van der Waals surface area contributed by atoms with E-state index in [4.69, 9.17) is 4.74 Å². The van der Waals surface area contributed by atoms with Crippen molar-refractivity contribution in [2.75, 3.05) is 7.11 Å². The lowest BCUT2D eigenvalue weighted by molar-refractivity contribution is 0.416. The maximum atomic E-state index is 5.56. The van der Waals surface area contributed by atoms with Gasteiger partial charge in [0, 0.05) is 34.9 Å². The average molecular weight is 331 g/mol. The van der Waals surface area contributed by atoms with Gasteiger partial charge in [0.2, 0.25) is 0 Å². The lowest BCUT2D eigenvalue weighted by Gasteiger charge is -2.20. The van der Waals surface area contributed by atoms with E-state index in [1.165, 1.54) is 24.1 Å². The van der Waals surface area contributed by atoms with E-state index < -0.39 is 0 Å². The summed E-state index contributed by atoms with van der Waals surface area (Å²) < 4.78 is 5.56. The first-order chi connectivity index (χ1) is 12.3. The number of H-pyrrole nitrogens is 1. The van der Waals surface area contributed by atoms with E-state index in [1.54, 1.807) is 7.11 Å². The summed E-state index contributed by atoms with van der Waals surface area (Å²) in [7, 11) is 1.72. The van der Waals surface area contributed by atoms with Crippen molar-refractivity contribution < 1.29 is 4.74 Å². The van der Waals surface area contributed by atoms with Gasteiger partial charge in [0.1, 0.15) is 11.4 Å². The number of benzene rings is 1. The molecule has 1 fully saturated rings. The van der Waals surface area contributed by atoms with Crippen LogP contribution in [0.4, 0.5) is 0 Å². The molecule has 1 aromatic carbocycles. The van der Waals surface area contributed by atoms with Crippen LogP contribution in [-0.2, 0) is 0 Å². The second-order valence-corrected chi connectivity index (χ2v) is 6.95. The van der Waals surface area contributed by atoms with Crippen molar-refractivity contribution in [1.29, 1.82) is 0 Å². The van der Waals surface area contributed by atoms with Crippen LogP contribution in [0.15, 0.2) is 48.7 Å². The zero-order valence-corrected chi connectivity index (χ0v) is 14.3. The quantitative estimate of drug-likeness (QED) is 0.758. The molecule has 0 radical (unpaired) electrons. The molecule has 25 heavy (non-hydrogen) atoms. The summed E-state index contributed by atoms with van der Waals surface area (Å²) in [6.45, 7) is 0. The summed E-state index contributed by atoms with van der Waals surface area (Å²) in [5.74, 6) is 0.886. The molecule has 0 amide bonds. The first-order valence-electron chi connectivity index (χ1n) is 8.90. The Labute approximate surface area is 146 Å². The Morgan fingerprint density at radius 3 is 2.92 bits per heavy atom. The fraction of sp³-hybridized carbons (Fsp3) is 0.286. The Morgan fingerprint density at radius 2 is 2.04 bits per heavy atom. The van der Waals surface area contributed by atoms with E-state index in [1.807, 2.05) is 24.4 Å². The molecule has 5 rings (SSSR count). The van der Waals surface area contributed by atoms with Gasteiger partial charge in [-0.05, 0) is 48.6 Å². The highest BCUT2D eigenvalue weighted by atomic mass is 16.5. The van der Waals surface area contributed by atoms with Crippen LogP contribution in [0.2, 0.25) is 0 Å². The number of fused-ring (bicyclic) bond motifs is 3. The molecule has 2 N–H and O–H groups in total. The van der Waals surface area contributed by atoms with Gasteiger partial charge in [0.15, 0.2) is 0 Å². The van der Waals surface area contributed by atoms with Crippen LogP contribution in [0.1, 0.15) is 25.0 Å². The highest BCUT2D eigenvalue weighted by Gasteiger charge is 2.29. The molecule has 2 unspecified atom stereocenters. The van der Waals surface area contributed by atoms with Gasteiger partial charge in [-0.1, -0.05) is 24.3 Å². The number of pyridine rings is 1. The van der Waals surface area contributed by atoms with Crippen LogP contribution >= 0.6 is 0 Å². The smallest absolute Gasteiger partial charge is 0.138 e. The molecule has 3 aromatic rings. The van der Waals surface area contributed by atoms with Crippen molar-refractivity contribution in [3.8, 4) is 16.9 Å². The Morgan fingerprint density at radius 1 is 1.12 bits per heavy atom. The summed E-state index contributed by atoms with van der Waals surface area (Å²) in [6.07, 6.45) is 7.86. The van der Waals surface area contributed by atoms with E-state index in [-0.39, 0.29) is 0 Å². The van der Waals surface area contributed by atoms with Gasteiger partial charge in [-0.2, -0.15) is 0 Å². The van der Waals surface area contributed by atoms with Gasteiger partial charge < -0.3 is 15.0 Å². The summed E-state index contributed by atoms with van der Waals surface area (Å²) in [5.41, 5.74) is 5.80. The second-order valence-electron chi connectivity index (χ2n) is 6.95. The molecule has 4 heteroatoms. The van der Waals surface area contributed by atoms with Crippen LogP contribution in [0.25, 0.3) is 27.7 Å². The van der Waals surface area contributed by atoms with Gasteiger partial charge in [0.25, 0.3) is 0 Å². The van der Waals surface area contributed by atoms with Crippen LogP contribution in [0.3, 0.4) is 0 Å². The number of rotatable bonds is 3. The number of aromatic nitrogens is 2. The lowest BCUT2D eigenvalue weighted by atomic mass is 9.99. The second kappa shape index (κ2) is 5.74. The van der Waals surface area contributed by atoms with Crippen molar-refractivity contribution in [1.82, 2.24) is 15.3 Å². The van der Waals surface area contributed by atoms with E-state index in [2.05, 4.69) is 39.6 Å². The lowest BCUT2D eigenvalue weighted by Crippen LogP contribution is -2.31. The van der Waals surface area contributed by atoms with E-state index in [0.717, 1.165) is 34.3 Å². The van der Waals surface area contributed by atoms with Crippen molar-refractivity contribution >= 4 is 16.6 Å². The topological polar surface area (TPSA) is 49.9 Å². The fourth-order valence-electron chi connectivity index (χ4n) is 4.22. The number of methoxy groups -OCH3 is 1. The third kappa shape index (κ3) is 2.45. The fourth-order valence-corrected chi connectivity index (χ4v) is 4.22. The SMILES string of the molecule is COc1ccccc1-c1ccnc2[nH]c(C3=CC4CCC(C3)N4)cc12. The number of hydrogen-bond acceptors (Lipinski definition) is 3. The van der Waals surface area contributed by atoms with Crippen LogP contribution in [0.5, 0.6) is 5.75 Å². The number of nitrogens with zero attached hydrogens (tertiary/aromatic N) is 1. The molecule has 1 saturated heterocycles. The predicted molar refractivity (Wildman–Crippen MR) is 101 cm³/mol. The maximum absolute atomic E-state index is 5.56. The molecular formula is C21H21N3O. The predicted octanol–water partition coefficient (Wildman–Crippen LogP) is 4.15. The van der Waals surface area contributed by atoms with Gasteiger partial charge in [-0.3, -0.25) is 0 Å². The Balaban J connectivity index is 1.64. The number of para-hydroxylation sites is 1. The summed E-state index contributed by atoms with van der Waals surface area (Å²) in [5, 5.41) is 4.80. The Kier molecular flexibility index (Phi) is 3.38. The highest BCUT2D eigenvalue weighted by Crippen LogP contribution is 2.37. The molecule has 0 saturated carbocycles. The zero-order valence-electron chi connectivity index (χ0n) is 14.3. The summed E-state index contributed by atoms with van der Waals surface area (Å²) in [6, 6.07) is 13.6. The first kappa shape index (κ1) is 14.7. The first-order valence-corrected chi connectivity index (χ1v) is 8.90. The molecule has 2 bridgehead atoms. The van der Waals surface area contributed by atoms with Crippen molar-refractivity contribution in [2.24, 2.45) is 0 Å². The minimum atomic E-state index is 0.529. The molecule has 2 atom stereocenters. The van der Waals surface area contributed by atoms with Crippen LogP contribution in [-0.4, -0.2) is 29.2 Å². The van der Waals surface area contributed by atoms with Crippen LogP contribution < -0.4 is 10.1 Å². The molecule has 2 aliphatic heterocycles. The van der Waals surface area contributed by atoms with E-state index >= 15 is 0 Å². The van der Waals surface area contributed by atoms with Gasteiger partial charge >= 0.3 is 0 Å². The molecule has 4 nitrogen and oxygen atoms in total. The molecule has 0 aliphatic carbocycles. The number of ether oxygens (including phenoxy) is 1. The maximum Gasteiger partial charge on any atom is 0.138 e. The van der Waals surface area contributed by atoms with Crippen molar-refractivity contribution in [3.63, 3.8) is 0 Å². The Bertz CT molecular complexity index is 972. The number of aromatic amines is 1. The van der Waals surface area contributed by atoms with Crippen molar-refractivity contribution in [2.45, 2.75) is 31.3 Å². The molecule has 126 valence electrons. The van der Waals surface area contributed by atoms with Crippen LogP contribution in [0, 0.1) is 0 Å². The summed E-state index contributed by atoms with van der Waals surface area (Å²) in [4.78, 5) is 8.09. The normalized spacial score (nSPS) is 22.2. The van der Waals surface area contributed by atoms with Gasteiger partial charge in [0.05, 0.1) is 7.11 Å². The van der Waals surface area contributed by atoms with Crippen molar-refractivity contribution in [3.05, 3.63) is 54.4 Å². The molecule has 0 spiro atoms. The molecule has 4 heterocycles.